The number of fused-ring (bicyclic) bond motifs is 1. The first-order valence-corrected chi connectivity index (χ1v) is 18.9. The maximum Gasteiger partial charge on any atom is 0.148 e. The Morgan fingerprint density at radius 2 is 1.25 bits per heavy atom. The van der Waals surface area contributed by atoms with Crippen LogP contribution in [0, 0.1) is 12.9 Å². The molecule has 0 aliphatic rings. The number of benzene rings is 6. The number of pyridine rings is 1. The molecule has 0 radical (unpaired) electrons. The molecule has 5 heteroatoms. The van der Waals surface area contributed by atoms with Crippen LogP contribution in [0.2, 0.25) is 0 Å². The number of imidazole rings is 1. The Morgan fingerprint density at radius 3 is 1.90 bits per heavy atom. The average Bonchev–Trinajstić information content (AvgIpc) is 3.93. The first-order valence-electron chi connectivity index (χ1n) is 29.4. The van der Waals surface area contributed by atoms with Gasteiger partial charge in [-0.2, -0.15) is 0 Å². The van der Waals surface area contributed by atoms with Gasteiger partial charge in [0.2, 0.25) is 0 Å². The maximum atomic E-state index is 12.9. The van der Waals surface area contributed by atoms with Crippen LogP contribution in [0.25, 0.3) is 72.7 Å². The van der Waals surface area contributed by atoms with E-state index in [1.54, 1.807) is 54.7 Å². The molecule has 8 aromatic rings. The number of nitrogens with zero attached hydrogens (tertiary/aromatic N) is 3. The van der Waals surface area contributed by atoms with Crippen molar-refractivity contribution in [2.24, 2.45) is 0 Å². The van der Waals surface area contributed by atoms with Crippen LogP contribution in [-0.4, -0.2) is 19.6 Å². The predicted octanol–water partition coefficient (Wildman–Crippen LogP) is 14.5. The Kier molecular flexibility index (Phi) is 6.30. The van der Waals surface area contributed by atoms with E-state index >= 15 is 0 Å². The summed E-state index contributed by atoms with van der Waals surface area (Å²) in [7, 11) is 0. The molecule has 4 nitrogen and oxygen atoms in total. The quantitative estimate of drug-likeness (QED) is 0.169. The predicted molar refractivity (Wildman–Crippen MR) is 247 cm³/mol. The van der Waals surface area contributed by atoms with Crippen LogP contribution >= 0.6 is 0 Å². The molecule has 306 valence electrons. The zero-order chi connectivity index (χ0) is 59.4. The molecule has 2 heterocycles. The Bertz CT molecular complexity index is 3550. The van der Waals surface area contributed by atoms with Crippen LogP contribution < -0.4 is 0 Å². The van der Waals surface area contributed by atoms with Crippen molar-refractivity contribution in [3.05, 3.63) is 168 Å². The molecule has 0 aliphatic heterocycles. The number of hydrogen-bond donors (Lipinski definition) is 1. The van der Waals surface area contributed by atoms with Crippen LogP contribution in [0.15, 0.2) is 140 Å². The largest absolute Gasteiger partial charge is 0.507 e. The van der Waals surface area contributed by atoms with Crippen LogP contribution in [-0.2, 0) is 37.3 Å². The second-order valence-electron chi connectivity index (χ2n) is 15.7. The van der Waals surface area contributed by atoms with E-state index in [9.17, 15) is 5.11 Å². The molecule has 2 aromatic heterocycles. The number of rotatable bonds is 6. The molecular weight excluding hydrogens is 914 g/mol. The van der Waals surface area contributed by atoms with Gasteiger partial charge in [0.05, 0.1) is 22.3 Å². The second kappa shape index (κ2) is 16.1. The number of phenols is 1. The van der Waals surface area contributed by atoms with Crippen molar-refractivity contribution in [2.45, 2.75) is 85.0 Å². The normalized spacial score (nSPS) is 18.8. The molecule has 0 saturated heterocycles. The van der Waals surface area contributed by atoms with Crippen LogP contribution in [0.1, 0.15) is 113 Å². The van der Waals surface area contributed by atoms with E-state index < -0.39 is 92.5 Å². The second-order valence-corrected chi connectivity index (χ2v) is 15.7. The summed E-state index contributed by atoms with van der Waals surface area (Å²) in [6.07, 6.45) is 1.66. The van der Waals surface area contributed by atoms with Gasteiger partial charge in [-0.15, -0.1) is 29.3 Å². The number of para-hydroxylation sites is 1. The summed E-state index contributed by atoms with van der Waals surface area (Å²) in [5, 5.41) is 12.9. The zero-order valence-electron chi connectivity index (χ0n) is 53.9. The molecule has 6 aromatic carbocycles. The number of aromatic hydroxyl groups is 1. The summed E-state index contributed by atoms with van der Waals surface area (Å²) < 4.78 is 185. The number of phenolic OH excluding ortho intramolecular Hbond substituents is 1. The summed E-state index contributed by atoms with van der Waals surface area (Å²) in [5.41, 5.74) is -7.99. The van der Waals surface area contributed by atoms with Gasteiger partial charge in [0.25, 0.3) is 0 Å². The third kappa shape index (κ3) is 8.28. The van der Waals surface area contributed by atoms with E-state index in [1.165, 1.54) is 22.8 Å². The summed E-state index contributed by atoms with van der Waals surface area (Å²) in [6, 6.07) is 39.1. The molecule has 1 N–H and O–H groups in total. The van der Waals surface area contributed by atoms with Gasteiger partial charge < -0.3 is 5.11 Å². The van der Waals surface area contributed by atoms with E-state index in [2.05, 4.69) is 6.07 Å². The van der Waals surface area contributed by atoms with Crippen molar-refractivity contribution in [2.75, 3.05) is 0 Å². The molecule has 0 spiro atoms. The summed E-state index contributed by atoms with van der Waals surface area (Å²) >= 11 is 0. The fourth-order valence-corrected chi connectivity index (χ4v) is 7.26. The monoisotopic (exact) mass is 989 g/mol. The Hall–Kier alpha value is -5.57. The first-order chi connectivity index (χ1) is 36.7. The minimum atomic E-state index is -4.22. The van der Waals surface area contributed by atoms with Crippen LogP contribution in [0.3, 0.4) is 0 Å². The van der Waals surface area contributed by atoms with Crippen molar-refractivity contribution in [1.29, 1.82) is 0 Å². The molecular formula is C55H54N3OPt-. The van der Waals surface area contributed by atoms with Crippen molar-refractivity contribution < 1.29 is 55.0 Å². The fourth-order valence-electron chi connectivity index (χ4n) is 7.26. The number of hydrogen-bond acceptors (Lipinski definition) is 3. The topological polar surface area (TPSA) is 50.9 Å². The van der Waals surface area contributed by atoms with Crippen molar-refractivity contribution in [3.63, 3.8) is 0 Å². The molecule has 0 bridgehead atoms. The van der Waals surface area contributed by atoms with E-state index in [0.717, 1.165) is 16.7 Å². The Morgan fingerprint density at radius 1 is 0.600 bits per heavy atom. The van der Waals surface area contributed by atoms with Gasteiger partial charge in [0.1, 0.15) is 11.6 Å². The SMILES string of the molecule is [2H]C([2H])([2H])c1cc(-c2ccccc2)ccc1-n1c(-c2cc(C(C([2H])([2H])[2H])(C([2H])([2H])[2H])C([2H])([2H])[2H])cc(C(C([2H])([2H])[2H])(C([2H])([2H])[2H])C([2H])([2H])[2H])c2O)nc2c(-c3[c-]c(-c4cc(-c5ccccc5)ccn4)cc(C(C)(C)C)c3)cccc21.[Pt]. The molecule has 0 atom stereocenters. The van der Waals surface area contributed by atoms with E-state index in [0.29, 0.717) is 34.0 Å². The van der Waals surface area contributed by atoms with Gasteiger partial charge in [-0.05, 0) is 86.8 Å². The minimum absolute atomic E-state index is 0. The van der Waals surface area contributed by atoms with E-state index in [-0.39, 0.29) is 55.0 Å². The molecule has 0 unspecified atom stereocenters. The molecule has 0 fully saturated rings. The summed E-state index contributed by atoms with van der Waals surface area (Å²) in [4.78, 5) is 9.72. The maximum absolute atomic E-state index is 12.9. The standard InChI is InChI=1S/C55H54N3O.Pt/c1-35-28-38(36-18-13-11-14-19-36)24-25-48(35)58-49-23-17-22-44(50(49)57-52(58)45-33-43(54(5,6)7)34-46(51(45)59)55(8,9)10)40-29-41(31-42(30-40)53(2,3)4)47-32-39(26-27-56-47)37-20-15-12-16-21-37;/h11-28,30-34,59H,1-10H3;/q-1;/i1D3,5D3,6D3,7D3,8D3,9D3,10D3;. The third-order valence-corrected chi connectivity index (χ3v) is 10.4. The smallest absolute Gasteiger partial charge is 0.148 e. The minimum Gasteiger partial charge on any atom is -0.507 e. The van der Waals surface area contributed by atoms with Gasteiger partial charge in [0.15, 0.2) is 0 Å². The molecule has 60 heavy (non-hydrogen) atoms. The zero-order valence-corrected chi connectivity index (χ0v) is 35.2. The van der Waals surface area contributed by atoms with Gasteiger partial charge in [-0.3, -0.25) is 9.55 Å². The fraction of sp³-hybridized carbons (Fsp3) is 0.236. The van der Waals surface area contributed by atoms with Gasteiger partial charge >= 0.3 is 0 Å². The van der Waals surface area contributed by atoms with E-state index in [1.807, 2.05) is 75.4 Å². The van der Waals surface area contributed by atoms with Crippen LogP contribution in [0.4, 0.5) is 0 Å². The number of aromatic nitrogens is 3. The summed E-state index contributed by atoms with van der Waals surface area (Å²) in [6.45, 7) is -22.0. The molecule has 0 amide bonds. The van der Waals surface area contributed by atoms with Crippen molar-refractivity contribution in [3.8, 4) is 67.5 Å². The van der Waals surface area contributed by atoms with Gasteiger partial charge in [-0.1, -0.05) is 164 Å². The Labute approximate surface area is 400 Å². The van der Waals surface area contributed by atoms with Crippen molar-refractivity contribution >= 4 is 11.0 Å². The Balaban J connectivity index is 0.00000946. The van der Waals surface area contributed by atoms with Gasteiger partial charge in [0, 0.05) is 67.3 Å². The average molecular weight is 989 g/mol. The van der Waals surface area contributed by atoms with Crippen LogP contribution in [0.5, 0.6) is 5.75 Å². The van der Waals surface area contributed by atoms with E-state index in [4.69, 9.17) is 38.8 Å². The molecule has 8 rings (SSSR count). The first kappa shape index (κ1) is 23.4. The summed E-state index contributed by atoms with van der Waals surface area (Å²) in [5.74, 6) is -2.14. The van der Waals surface area contributed by atoms with Gasteiger partial charge in [-0.25, -0.2) is 4.98 Å². The number of aryl methyl sites for hydroxylation is 1. The third-order valence-electron chi connectivity index (χ3n) is 10.4. The van der Waals surface area contributed by atoms with Crippen molar-refractivity contribution in [1.82, 2.24) is 14.5 Å². The molecule has 0 aliphatic carbocycles. The molecule has 0 saturated carbocycles.